The van der Waals surface area contributed by atoms with Gasteiger partial charge in [-0.3, -0.25) is 4.90 Å². The second-order valence-electron chi connectivity index (χ2n) is 4.78. The zero-order chi connectivity index (χ0) is 10.7. The minimum atomic E-state index is 0.261. The Morgan fingerprint density at radius 2 is 1.93 bits per heavy atom. The number of likely N-dealkylation sites (tertiary alicyclic amines) is 1. The van der Waals surface area contributed by atoms with Crippen molar-refractivity contribution in [2.75, 3.05) is 13.2 Å². The van der Waals surface area contributed by atoms with Crippen LogP contribution in [0.15, 0.2) is 0 Å². The molecule has 1 atom stereocenters. The Labute approximate surface area is 91.3 Å². The monoisotopic (exact) mass is 214 g/mol. The molecular weight excluding hydrogens is 192 g/mol. The van der Waals surface area contributed by atoms with Crippen LogP contribution in [0.4, 0.5) is 0 Å². The van der Waals surface area contributed by atoms with Gasteiger partial charge in [0.25, 0.3) is 0 Å². The minimum absolute atomic E-state index is 0.261. The van der Waals surface area contributed by atoms with E-state index in [1.165, 1.54) is 19.3 Å². The van der Waals surface area contributed by atoms with Crippen LogP contribution in [-0.2, 0) is 4.84 Å². The number of hydrogen-bond acceptors (Lipinski definition) is 4. The molecule has 1 heterocycles. The smallest absolute Gasteiger partial charge is 0.0788 e. The largest absolute Gasteiger partial charge is 0.395 e. The Morgan fingerprint density at radius 3 is 2.53 bits per heavy atom. The maximum atomic E-state index is 9.28. The second-order valence-corrected chi connectivity index (χ2v) is 4.78. The van der Waals surface area contributed by atoms with Gasteiger partial charge in [0.15, 0.2) is 0 Å². The minimum Gasteiger partial charge on any atom is -0.395 e. The van der Waals surface area contributed by atoms with E-state index in [2.05, 4.69) is 4.90 Å². The van der Waals surface area contributed by atoms with Crippen molar-refractivity contribution in [3.05, 3.63) is 0 Å². The quantitative estimate of drug-likeness (QED) is 0.677. The highest BCUT2D eigenvalue weighted by Crippen LogP contribution is 2.29. The van der Waals surface area contributed by atoms with Gasteiger partial charge in [0.1, 0.15) is 0 Å². The van der Waals surface area contributed by atoms with E-state index < -0.39 is 0 Å². The number of aliphatic hydroxyl groups is 1. The van der Waals surface area contributed by atoms with Gasteiger partial charge in [-0.15, -0.1) is 0 Å². The van der Waals surface area contributed by atoms with E-state index in [0.717, 1.165) is 25.8 Å². The molecule has 0 radical (unpaired) electrons. The average Bonchev–Trinajstić information content (AvgIpc) is 2.77. The van der Waals surface area contributed by atoms with Gasteiger partial charge in [-0.1, -0.05) is 0 Å². The molecule has 15 heavy (non-hydrogen) atoms. The van der Waals surface area contributed by atoms with Gasteiger partial charge in [0.2, 0.25) is 0 Å². The van der Waals surface area contributed by atoms with Crippen molar-refractivity contribution >= 4 is 0 Å². The summed E-state index contributed by atoms with van der Waals surface area (Å²) >= 11 is 0. The van der Waals surface area contributed by atoms with E-state index >= 15 is 0 Å². The van der Waals surface area contributed by atoms with E-state index in [1.807, 2.05) is 0 Å². The van der Waals surface area contributed by atoms with Crippen LogP contribution in [-0.4, -0.2) is 41.3 Å². The number of rotatable bonds is 3. The SMILES string of the molecule is NOC1CCC(N2CCCC2CO)CC1. The normalized spacial score (nSPS) is 38.4. The van der Waals surface area contributed by atoms with Gasteiger partial charge in [0, 0.05) is 12.1 Å². The molecule has 1 aliphatic carbocycles. The van der Waals surface area contributed by atoms with Crippen molar-refractivity contribution in [2.24, 2.45) is 5.90 Å². The average molecular weight is 214 g/mol. The van der Waals surface area contributed by atoms with Gasteiger partial charge in [-0.05, 0) is 45.1 Å². The first-order valence-corrected chi connectivity index (χ1v) is 6.07. The summed E-state index contributed by atoms with van der Waals surface area (Å²) in [7, 11) is 0. The molecule has 0 aromatic heterocycles. The molecule has 0 aromatic carbocycles. The molecule has 1 saturated heterocycles. The van der Waals surface area contributed by atoms with Crippen LogP contribution >= 0.6 is 0 Å². The fraction of sp³-hybridized carbons (Fsp3) is 1.00. The first-order chi connectivity index (χ1) is 7.35. The van der Waals surface area contributed by atoms with Gasteiger partial charge in [-0.2, -0.15) is 0 Å². The highest BCUT2D eigenvalue weighted by Gasteiger charge is 2.32. The molecule has 0 amide bonds. The fourth-order valence-electron chi connectivity index (χ4n) is 3.05. The van der Waals surface area contributed by atoms with Crippen LogP contribution in [0.1, 0.15) is 38.5 Å². The molecule has 3 N–H and O–H groups in total. The fourth-order valence-corrected chi connectivity index (χ4v) is 3.05. The van der Waals surface area contributed by atoms with Crippen LogP contribution < -0.4 is 5.90 Å². The van der Waals surface area contributed by atoms with E-state index in [0.29, 0.717) is 18.7 Å². The topological polar surface area (TPSA) is 58.7 Å². The second kappa shape index (κ2) is 5.25. The molecule has 2 rings (SSSR count). The van der Waals surface area contributed by atoms with Crippen LogP contribution in [0.25, 0.3) is 0 Å². The molecule has 4 nitrogen and oxygen atoms in total. The van der Waals surface area contributed by atoms with Crippen LogP contribution in [0, 0.1) is 0 Å². The molecule has 4 heteroatoms. The molecule has 0 spiro atoms. The van der Waals surface area contributed by atoms with Gasteiger partial charge >= 0.3 is 0 Å². The standard InChI is InChI=1S/C11H22N2O2/c12-15-11-5-3-9(4-6-11)13-7-1-2-10(13)8-14/h9-11,14H,1-8,12H2. The van der Waals surface area contributed by atoms with Crippen LogP contribution in [0.5, 0.6) is 0 Å². The predicted octanol–water partition coefficient (Wildman–Crippen LogP) is 0.645. The lowest BCUT2D eigenvalue weighted by molar-refractivity contribution is 0.000451. The molecular formula is C11H22N2O2. The van der Waals surface area contributed by atoms with Crippen LogP contribution in [0.2, 0.25) is 0 Å². The summed E-state index contributed by atoms with van der Waals surface area (Å²) in [6.45, 7) is 1.47. The molecule has 2 aliphatic rings. The zero-order valence-corrected chi connectivity index (χ0v) is 9.27. The summed E-state index contributed by atoms with van der Waals surface area (Å²) in [5.41, 5.74) is 0. The molecule has 1 saturated carbocycles. The lowest BCUT2D eigenvalue weighted by Gasteiger charge is -2.36. The first kappa shape index (κ1) is 11.3. The number of nitrogens with two attached hydrogens (primary N) is 1. The lowest BCUT2D eigenvalue weighted by Crippen LogP contribution is -2.43. The number of aliphatic hydroxyl groups excluding tert-OH is 1. The molecule has 88 valence electrons. The Balaban J connectivity index is 1.84. The van der Waals surface area contributed by atoms with Gasteiger partial charge in [0.05, 0.1) is 12.7 Å². The Morgan fingerprint density at radius 1 is 1.20 bits per heavy atom. The van der Waals surface area contributed by atoms with Crippen molar-refractivity contribution in [3.63, 3.8) is 0 Å². The molecule has 0 bridgehead atoms. The third-order valence-electron chi connectivity index (χ3n) is 3.94. The van der Waals surface area contributed by atoms with Gasteiger partial charge < -0.3 is 9.94 Å². The predicted molar refractivity (Wildman–Crippen MR) is 58.1 cm³/mol. The van der Waals surface area contributed by atoms with Crippen molar-refractivity contribution in [1.29, 1.82) is 0 Å². The zero-order valence-electron chi connectivity index (χ0n) is 9.27. The summed E-state index contributed by atoms with van der Waals surface area (Å²) in [5, 5.41) is 9.28. The Hall–Kier alpha value is -0.160. The highest BCUT2D eigenvalue weighted by atomic mass is 16.6. The Kier molecular flexibility index (Phi) is 3.97. The lowest BCUT2D eigenvalue weighted by atomic mass is 9.91. The van der Waals surface area contributed by atoms with E-state index in [-0.39, 0.29) is 6.10 Å². The number of hydrogen-bond donors (Lipinski definition) is 2. The molecule has 2 fully saturated rings. The molecule has 0 aromatic rings. The van der Waals surface area contributed by atoms with E-state index in [1.54, 1.807) is 0 Å². The molecule has 1 aliphatic heterocycles. The Bertz CT molecular complexity index is 193. The summed E-state index contributed by atoms with van der Waals surface area (Å²) in [6, 6.07) is 1.06. The van der Waals surface area contributed by atoms with Crippen molar-refractivity contribution in [1.82, 2.24) is 4.90 Å². The van der Waals surface area contributed by atoms with Gasteiger partial charge in [-0.25, -0.2) is 5.90 Å². The van der Waals surface area contributed by atoms with E-state index in [4.69, 9.17) is 10.7 Å². The third kappa shape index (κ3) is 2.50. The maximum absolute atomic E-state index is 9.28. The summed E-state index contributed by atoms with van der Waals surface area (Å²) in [6.07, 6.45) is 7.11. The summed E-state index contributed by atoms with van der Waals surface area (Å²) in [4.78, 5) is 7.38. The van der Waals surface area contributed by atoms with Crippen molar-refractivity contribution < 1.29 is 9.94 Å². The van der Waals surface area contributed by atoms with Crippen LogP contribution in [0.3, 0.4) is 0 Å². The van der Waals surface area contributed by atoms with Crippen molar-refractivity contribution in [2.45, 2.75) is 56.7 Å². The highest BCUT2D eigenvalue weighted by molar-refractivity contribution is 4.87. The number of nitrogens with zero attached hydrogens (tertiary/aromatic N) is 1. The summed E-state index contributed by atoms with van der Waals surface area (Å²) < 4.78 is 0. The summed E-state index contributed by atoms with van der Waals surface area (Å²) in [5.74, 6) is 5.20. The first-order valence-electron chi connectivity index (χ1n) is 6.07. The maximum Gasteiger partial charge on any atom is 0.0788 e. The van der Waals surface area contributed by atoms with E-state index in [9.17, 15) is 5.11 Å². The molecule has 1 unspecified atom stereocenters. The van der Waals surface area contributed by atoms with Crippen molar-refractivity contribution in [3.8, 4) is 0 Å². The third-order valence-corrected chi connectivity index (χ3v) is 3.94.